The average Bonchev–Trinajstić information content (AvgIpc) is 1.97. The lowest BCUT2D eigenvalue weighted by Crippen LogP contribution is -2.19. The predicted octanol–water partition coefficient (Wildman–Crippen LogP) is 0.402. The molecule has 0 atom stereocenters. The van der Waals surface area contributed by atoms with Crippen LogP contribution in [0.25, 0.3) is 0 Å². The first-order chi connectivity index (χ1) is 4.91. The quantitative estimate of drug-likeness (QED) is 0.462. The van der Waals surface area contributed by atoms with Gasteiger partial charge in [0.1, 0.15) is 0 Å². The van der Waals surface area contributed by atoms with Gasteiger partial charge in [0.2, 0.25) is 0 Å². The zero-order valence-corrected chi connectivity index (χ0v) is 6.60. The first-order valence-electron chi connectivity index (χ1n) is 4.02. The minimum Gasteiger partial charge on any atom is -0.330 e. The summed E-state index contributed by atoms with van der Waals surface area (Å²) >= 11 is 0. The Balaban J connectivity index is -0.000000135. The molecule has 0 aromatic carbocycles. The molecule has 0 aromatic heterocycles. The summed E-state index contributed by atoms with van der Waals surface area (Å²) in [5.41, 5.74) is 10.6. The fraction of sp³-hybridized carbons (Fsp3) is 1.00. The van der Waals surface area contributed by atoms with Crippen molar-refractivity contribution >= 4 is 0 Å². The lowest BCUT2D eigenvalue weighted by atomic mass is 10.3. The maximum absolute atomic E-state index is 5.32. The maximum Gasteiger partial charge on any atom is 0 e. The molecule has 68 valence electrons. The Kier molecular flexibility index (Phi) is 8.77. The third-order valence-electron chi connectivity index (χ3n) is 1.37. The first-order valence-corrected chi connectivity index (χ1v) is 4.02. The van der Waals surface area contributed by atoms with Crippen molar-refractivity contribution in [3.8, 4) is 0 Å². The van der Waals surface area contributed by atoms with Crippen molar-refractivity contribution in [2.45, 2.75) is 19.3 Å². The molecule has 0 rings (SSSR count). The second-order valence-electron chi connectivity index (χ2n) is 2.39. The molecule has 0 aromatic rings. The van der Waals surface area contributed by atoms with Gasteiger partial charge < -0.3 is 16.8 Å². The van der Waals surface area contributed by atoms with Gasteiger partial charge in [0, 0.05) is 4.28 Å². The first kappa shape index (κ1) is 9.88. The number of unbranched alkanes of at least 4 members (excludes halogenated alkanes) is 1. The van der Waals surface area contributed by atoms with E-state index < -0.39 is 0 Å². The number of nitrogens with one attached hydrogen (secondary N) is 1. The highest BCUT2D eigenvalue weighted by Gasteiger charge is 1.85. The third-order valence-corrected chi connectivity index (χ3v) is 1.37. The molecule has 3 heteroatoms. The Hall–Kier alpha value is -0.120. The van der Waals surface area contributed by atoms with Gasteiger partial charge in [0.05, 0.1) is 0 Å². The molecule has 0 spiro atoms. The Bertz CT molecular complexity index is 58.9. The molecule has 0 unspecified atom stereocenters. The Morgan fingerprint density at radius 3 is 2.10 bits per heavy atom. The van der Waals surface area contributed by atoms with Crippen LogP contribution < -0.4 is 16.8 Å². The molecule has 0 saturated carbocycles. The van der Waals surface area contributed by atoms with E-state index >= 15 is 0 Å². The predicted molar refractivity (Wildman–Crippen MR) is 51.2 cm³/mol. The van der Waals surface area contributed by atoms with E-state index in [0.717, 1.165) is 39.0 Å². The summed E-state index contributed by atoms with van der Waals surface area (Å²) in [5, 5.41) is 3.29. The molecule has 0 radical (unpaired) electrons. The molecule has 3 nitrogen and oxygen atoms in total. The van der Waals surface area contributed by atoms with Crippen molar-refractivity contribution in [3.63, 3.8) is 0 Å². The van der Waals surface area contributed by atoms with Crippen molar-refractivity contribution in [1.29, 1.82) is 0 Å². The van der Waals surface area contributed by atoms with E-state index in [1.807, 2.05) is 0 Å². The van der Waals surface area contributed by atoms with Crippen molar-refractivity contribution in [2.24, 2.45) is 11.5 Å². The van der Waals surface area contributed by atoms with E-state index in [0.29, 0.717) is 0 Å². The highest BCUT2D eigenvalue weighted by atomic mass is 14.8. The van der Waals surface area contributed by atoms with Gasteiger partial charge in [0.15, 0.2) is 0 Å². The standard InChI is InChI=1S/C7H19N3.3H2/c8-4-1-2-6-10-7-3-5-9;;;/h10H,1-9H2;3*1H. The number of rotatable bonds is 7. The number of hydrogen-bond acceptors (Lipinski definition) is 3. The average molecular weight is 151 g/mol. The topological polar surface area (TPSA) is 64.1 Å². The van der Waals surface area contributed by atoms with Gasteiger partial charge in [-0.1, -0.05) is 0 Å². The van der Waals surface area contributed by atoms with Crippen molar-refractivity contribution in [3.05, 3.63) is 0 Å². The van der Waals surface area contributed by atoms with Crippen molar-refractivity contribution < 1.29 is 4.28 Å². The summed E-state index contributed by atoms with van der Waals surface area (Å²) in [4.78, 5) is 0. The van der Waals surface area contributed by atoms with Crippen LogP contribution in [0.5, 0.6) is 0 Å². The van der Waals surface area contributed by atoms with Gasteiger partial charge in [0.25, 0.3) is 0 Å². The van der Waals surface area contributed by atoms with Gasteiger partial charge in [-0.2, -0.15) is 0 Å². The zero-order chi connectivity index (χ0) is 7.66. The monoisotopic (exact) mass is 151 g/mol. The SMILES string of the molecule is NCCCCNCCCN.[HH].[HH].[HH]. The number of hydrogen-bond donors (Lipinski definition) is 3. The fourth-order valence-electron chi connectivity index (χ4n) is 0.746. The molecule has 10 heavy (non-hydrogen) atoms. The molecule has 0 amide bonds. The van der Waals surface area contributed by atoms with E-state index in [2.05, 4.69) is 5.32 Å². The Labute approximate surface area is 67.6 Å². The molecular weight excluding hydrogens is 126 g/mol. The number of nitrogens with two attached hydrogens (primary N) is 2. The van der Waals surface area contributed by atoms with E-state index in [9.17, 15) is 0 Å². The van der Waals surface area contributed by atoms with Crippen molar-refractivity contribution in [2.75, 3.05) is 26.2 Å². The van der Waals surface area contributed by atoms with Crippen LogP contribution in [0.2, 0.25) is 0 Å². The van der Waals surface area contributed by atoms with Crippen LogP contribution in [0, 0.1) is 0 Å². The van der Waals surface area contributed by atoms with Crippen LogP contribution in [0.3, 0.4) is 0 Å². The maximum atomic E-state index is 5.32. The van der Waals surface area contributed by atoms with Crippen LogP contribution in [0.1, 0.15) is 23.5 Å². The molecule has 0 aliphatic carbocycles. The van der Waals surface area contributed by atoms with Crippen LogP contribution in [-0.2, 0) is 0 Å². The highest BCUT2D eigenvalue weighted by molar-refractivity contribution is 4.49. The molecular formula is C7H25N3. The molecule has 0 saturated heterocycles. The summed E-state index contributed by atoms with van der Waals surface area (Å²) in [7, 11) is 0. The molecule has 0 aliphatic heterocycles. The summed E-state index contributed by atoms with van der Waals surface area (Å²) in [6.07, 6.45) is 3.37. The van der Waals surface area contributed by atoms with Crippen LogP contribution in [0.15, 0.2) is 0 Å². The summed E-state index contributed by atoms with van der Waals surface area (Å²) in [6, 6.07) is 0. The van der Waals surface area contributed by atoms with Crippen LogP contribution >= 0.6 is 0 Å². The van der Waals surface area contributed by atoms with E-state index in [4.69, 9.17) is 11.5 Å². The summed E-state index contributed by atoms with van der Waals surface area (Å²) in [6.45, 7) is 3.71. The zero-order valence-electron chi connectivity index (χ0n) is 6.60. The summed E-state index contributed by atoms with van der Waals surface area (Å²) in [5.74, 6) is 0. The van der Waals surface area contributed by atoms with Gasteiger partial charge in [-0.3, -0.25) is 0 Å². The van der Waals surface area contributed by atoms with Crippen LogP contribution in [0.4, 0.5) is 0 Å². The molecule has 0 heterocycles. The van der Waals surface area contributed by atoms with Gasteiger partial charge in [-0.05, 0) is 45.4 Å². The minimum atomic E-state index is 0. The Morgan fingerprint density at radius 1 is 0.900 bits per heavy atom. The smallest absolute Gasteiger partial charge is 0 e. The lowest BCUT2D eigenvalue weighted by Gasteiger charge is -2.01. The van der Waals surface area contributed by atoms with E-state index in [-0.39, 0.29) is 4.28 Å². The Morgan fingerprint density at radius 2 is 1.50 bits per heavy atom. The molecule has 0 bridgehead atoms. The summed E-state index contributed by atoms with van der Waals surface area (Å²) < 4.78 is 0. The van der Waals surface area contributed by atoms with E-state index in [1.165, 1.54) is 6.42 Å². The van der Waals surface area contributed by atoms with Gasteiger partial charge in [-0.15, -0.1) is 0 Å². The van der Waals surface area contributed by atoms with Gasteiger partial charge in [-0.25, -0.2) is 0 Å². The largest absolute Gasteiger partial charge is 0.330 e. The normalized spacial score (nSPS) is 10.2. The fourth-order valence-corrected chi connectivity index (χ4v) is 0.746. The second kappa shape index (κ2) is 8.88. The van der Waals surface area contributed by atoms with Crippen LogP contribution in [-0.4, -0.2) is 26.2 Å². The second-order valence-corrected chi connectivity index (χ2v) is 2.39. The lowest BCUT2D eigenvalue weighted by molar-refractivity contribution is 0.611. The molecule has 0 fully saturated rings. The van der Waals surface area contributed by atoms with Crippen molar-refractivity contribution in [1.82, 2.24) is 5.32 Å². The molecule has 0 aliphatic rings. The molecule has 5 N–H and O–H groups in total. The third kappa shape index (κ3) is 7.88. The minimum absolute atomic E-state index is 0. The van der Waals surface area contributed by atoms with E-state index in [1.54, 1.807) is 0 Å². The van der Waals surface area contributed by atoms with Gasteiger partial charge >= 0.3 is 0 Å². The highest BCUT2D eigenvalue weighted by Crippen LogP contribution is 1.81.